The Morgan fingerprint density at radius 3 is 2.74 bits per heavy atom. The summed E-state index contributed by atoms with van der Waals surface area (Å²) in [5.74, 6) is 0.399. The molecule has 2 aliphatic rings. The van der Waals surface area contributed by atoms with Gasteiger partial charge >= 0.3 is 0 Å². The smallest absolute Gasteiger partial charge is 0.221 e. The fourth-order valence-electron chi connectivity index (χ4n) is 3.50. The van der Waals surface area contributed by atoms with E-state index in [1.54, 1.807) is 23.8 Å². The zero-order valence-corrected chi connectivity index (χ0v) is 14.2. The predicted octanol–water partition coefficient (Wildman–Crippen LogP) is 1.39. The van der Waals surface area contributed by atoms with Crippen molar-refractivity contribution < 1.29 is 17.9 Å². The van der Waals surface area contributed by atoms with E-state index < -0.39 is 15.3 Å². The molecule has 0 aliphatic carbocycles. The van der Waals surface area contributed by atoms with Gasteiger partial charge in [0.1, 0.15) is 11.4 Å². The summed E-state index contributed by atoms with van der Waals surface area (Å²) < 4.78 is 38.1. The SMILES string of the molecule is COC1COCC1S(=O)(=O)N1CCCC(c2ccncc2)CC1. The van der Waals surface area contributed by atoms with Gasteiger partial charge < -0.3 is 9.47 Å². The normalized spacial score (nSPS) is 30.2. The predicted molar refractivity (Wildman–Crippen MR) is 86.7 cm³/mol. The van der Waals surface area contributed by atoms with Crippen LogP contribution in [0.4, 0.5) is 0 Å². The molecule has 2 saturated heterocycles. The minimum absolute atomic E-state index is 0.227. The fraction of sp³-hybridized carbons (Fsp3) is 0.688. The minimum Gasteiger partial charge on any atom is -0.378 e. The van der Waals surface area contributed by atoms with Gasteiger partial charge in [0.2, 0.25) is 10.0 Å². The van der Waals surface area contributed by atoms with Crippen LogP contribution < -0.4 is 0 Å². The third-order valence-corrected chi connectivity index (χ3v) is 7.18. The number of nitrogens with zero attached hydrogens (tertiary/aromatic N) is 2. The summed E-state index contributed by atoms with van der Waals surface area (Å²) in [6.45, 7) is 1.72. The number of hydrogen-bond donors (Lipinski definition) is 0. The first-order chi connectivity index (χ1) is 11.1. The topological polar surface area (TPSA) is 68.7 Å². The highest BCUT2D eigenvalue weighted by atomic mass is 32.2. The summed E-state index contributed by atoms with van der Waals surface area (Å²) in [5.41, 5.74) is 1.25. The summed E-state index contributed by atoms with van der Waals surface area (Å²) >= 11 is 0. The van der Waals surface area contributed by atoms with E-state index in [1.165, 1.54) is 5.56 Å². The Labute approximate surface area is 137 Å². The molecule has 0 radical (unpaired) electrons. The van der Waals surface area contributed by atoms with Crippen molar-refractivity contribution in [3.05, 3.63) is 30.1 Å². The Hall–Kier alpha value is -1.02. The molecule has 2 fully saturated rings. The van der Waals surface area contributed by atoms with E-state index in [4.69, 9.17) is 9.47 Å². The van der Waals surface area contributed by atoms with Crippen molar-refractivity contribution in [2.24, 2.45) is 0 Å². The Bertz CT molecular complexity index is 608. The molecule has 0 aromatic carbocycles. The van der Waals surface area contributed by atoms with Crippen LogP contribution in [-0.4, -0.2) is 62.5 Å². The zero-order valence-electron chi connectivity index (χ0n) is 13.4. The highest BCUT2D eigenvalue weighted by molar-refractivity contribution is 7.89. The second kappa shape index (κ2) is 7.25. The van der Waals surface area contributed by atoms with Crippen molar-refractivity contribution in [2.75, 3.05) is 33.4 Å². The molecule has 3 atom stereocenters. The number of rotatable bonds is 4. The van der Waals surface area contributed by atoms with E-state index >= 15 is 0 Å². The Morgan fingerprint density at radius 1 is 1.22 bits per heavy atom. The standard InChI is InChI=1S/C16H24N2O4S/c1-21-15-11-22-12-16(15)23(19,20)18-9-2-3-13(6-10-18)14-4-7-17-8-5-14/h4-5,7-8,13,15-16H,2-3,6,9-12H2,1H3. The van der Waals surface area contributed by atoms with Crippen LogP contribution in [0.15, 0.2) is 24.5 Å². The molecule has 1 aromatic heterocycles. The lowest BCUT2D eigenvalue weighted by molar-refractivity contribution is 0.0825. The van der Waals surface area contributed by atoms with Gasteiger partial charge in [-0.25, -0.2) is 12.7 Å². The molecule has 2 aliphatic heterocycles. The molecule has 3 rings (SSSR count). The Morgan fingerprint density at radius 2 is 2.00 bits per heavy atom. The number of pyridine rings is 1. The number of aromatic nitrogens is 1. The molecule has 128 valence electrons. The Kier molecular flexibility index (Phi) is 5.31. The van der Waals surface area contributed by atoms with E-state index in [0.717, 1.165) is 19.3 Å². The Balaban J connectivity index is 1.70. The lowest BCUT2D eigenvalue weighted by Gasteiger charge is -2.26. The summed E-state index contributed by atoms with van der Waals surface area (Å²) in [6.07, 6.45) is 5.96. The van der Waals surface area contributed by atoms with E-state index in [1.807, 2.05) is 12.1 Å². The molecule has 3 unspecified atom stereocenters. The van der Waals surface area contributed by atoms with Crippen LogP contribution in [0, 0.1) is 0 Å². The first kappa shape index (κ1) is 16.8. The maximum absolute atomic E-state index is 12.9. The van der Waals surface area contributed by atoms with Crippen molar-refractivity contribution in [3.63, 3.8) is 0 Å². The van der Waals surface area contributed by atoms with Crippen LogP contribution in [0.1, 0.15) is 30.7 Å². The molecule has 6 nitrogen and oxygen atoms in total. The van der Waals surface area contributed by atoms with Gasteiger partial charge in [0.15, 0.2) is 0 Å². The average molecular weight is 340 g/mol. The van der Waals surface area contributed by atoms with Crippen molar-refractivity contribution >= 4 is 10.0 Å². The van der Waals surface area contributed by atoms with Crippen LogP contribution in [0.25, 0.3) is 0 Å². The molecule has 0 spiro atoms. The summed E-state index contributed by atoms with van der Waals surface area (Å²) in [4.78, 5) is 4.05. The molecule has 0 saturated carbocycles. The molecular formula is C16H24N2O4S. The molecule has 1 aromatic rings. The van der Waals surface area contributed by atoms with Crippen LogP contribution in [0.5, 0.6) is 0 Å². The average Bonchev–Trinajstić information content (AvgIpc) is 2.92. The molecule has 0 N–H and O–H groups in total. The summed E-state index contributed by atoms with van der Waals surface area (Å²) in [7, 11) is -1.84. The molecule has 0 amide bonds. The number of methoxy groups -OCH3 is 1. The van der Waals surface area contributed by atoms with Crippen molar-refractivity contribution in [1.82, 2.24) is 9.29 Å². The van der Waals surface area contributed by atoms with Gasteiger partial charge in [-0.3, -0.25) is 4.98 Å². The maximum Gasteiger partial charge on any atom is 0.221 e. The van der Waals surface area contributed by atoms with Crippen LogP contribution in [0.2, 0.25) is 0 Å². The summed E-state index contributed by atoms with van der Waals surface area (Å²) in [6, 6.07) is 4.06. The van der Waals surface area contributed by atoms with Gasteiger partial charge in [-0.2, -0.15) is 0 Å². The zero-order chi connectivity index (χ0) is 16.3. The lowest BCUT2D eigenvalue weighted by atomic mass is 9.93. The highest BCUT2D eigenvalue weighted by Crippen LogP contribution is 2.30. The number of ether oxygens (including phenoxy) is 2. The van der Waals surface area contributed by atoms with Gasteiger partial charge in [0.25, 0.3) is 0 Å². The van der Waals surface area contributed by atoms with Crippen molar-refractivity contribution in [2.45, 2.75) is 36.5 Å². The fourth-order valence-corrected chi connectivity index (χ4v) is 5.47. The number of hydrogen-bond acceptors (Lipinski definition) is 5. The second-order valence-electron chi connectivity index (χ2n) is 6.20. The molecular weight excluding hydrogens is 316 g/mol. The van der Waals surface area contributed by atoms with Gasteiger partial charge in [-0.1, -0.05) is 0 Å². The van der Waals surface area contributed by atoms with Gasteiger partial charge in [0.05, 0.1) is 13.2 Å². The summed E-state index contributed by atoms with van der Waals surface area (Å²) in [5, 5.41) is -0.579. The third-order valence-electron chi connectivity index (χ3n) is 4.89. The quantitative estimate of drug-likeness (QED) is 0.829. The van der Waals surface area contributed by atoms with E-state index in [0.29, 0.717) is 25.6 Å². The van der Waals surface area contributed by atoms with E-state index in [9.17, 15) is 8.42 Å². The monoisotopic (exact) mass is 340 g/mol. The molecule has 7 heteroatoms. The first-order valence-electron chi connectivity index (χ1n) is 8.12. The van der Waals surface area contributed by atoms with Crippen molar-refractivity contribution in [1.29, 1.82) is 0 Å². The largest absolute Gasteiger partial charge is 0.378 e. The van der Waals surface area contributed by atoms with Crippen LogP contribution in [-0.2, 0) is 19.5 Å². The van der Waals surface area contributed by atoms with E-state index in [2.05, 4.69) is 4.98 Å². The van der Waals surface area contributed by atoms with E-state index in [-0.39, 0.29) is 12.7 Å². The van der Waals surface area contributed by atoms with Crippen LogP contribution in [0.3, 0.4) is 0 Å². The van der Waals surface area contributed by atoms with Gasteiger partial charge in [0, 0.05) is 32.6 Å². The van der Waals surface area contributed by atoms with Crippen molar-refractivity contribution in [3.8, 4) is 0 Å². The first-order valence-corrected chi connectivity index (χ1v) is 9.62. The molecule has 23 heavy (non-hydrogen) atoms. The number of sulfonamides is 1. The molecule has 0 bridgehead atoms. The third kappa shape index (κ3) is 3.57. The maximum atomic E-state index is 12.9. The van der Waals surface area contributed by atoms with Gasteiger partial charge in [-0.05, 0) is 42.9 Å². The van der Waals surface area contributed by atoms with Gasteiger partial charge in [-0.15, -0.1) is 0 Å². The minimum atomic E-state index is -3.38. The highest BCUT2D eigenvalue weighted by Gasteiger charge is 2.42. The van der Waals surface area contributed by atoms with Crippen LogP contribution >= 0.6 is 0 Å². The molecule has 3 heterocycles. The second-order valence-corrected chi connectivity index (χ2v) is 8.35. The lowest BCUT2D eigenvalue weighted by Crippen LogP contribution is -2.45.